The van der Waals surface area contributed by atoms with Crippen molar-refractivity contribution in [2.45, 2.75) is 45.4 Å². The first kappa shape index (κ1) is 13.9. The molecule has 2 amide bonds. The molecule has 4 heteroatoms. The molecule has 0 atom stereocenters. The van der Waals surface area contributed by atoms with Crippen molar-refractivity contribution in [1.82, 2.24) is 9.80 Å². The summed E-state index contributed by atoms with van der Waals surface area (Å²) in [6.07, 6.45) is 6.16. The van der Waals surface area contributed by atoms with Gasteiger partial charge >= 0.3 is 0 Å². The Labute approximate surface area is 121 Å². The van der Waals surface area contributed by atoms with Crippen molar-refractivity contribution in [3.05, 3.63) is 0 Å². The highest BCUT2D eigenvalue weighted by Crippen LogP contribution is 2.32. The summed E-state index contributed by atoms with van der Waals surface area (Å²) in [6.45, 7) is 5.71. The Kier molecular flexibility index (Phi) is 3.99. The molecule has 0 spiro atoms. The average Bonchev–Trinajstić information content (AvgIpc) is 3.31. The molecule has 20 heavy (non-hydrogen) atoms. The number of carbonyl (C=O) groups is 2. The molecule has 1 saturated carbocycles. The van der Waals surface area contributed by atoms with E-state index in [1.54, 1.807) is 0 Å². The minimum absolute atomic E-state index is 0.159. The third kappa shape index (κ3) is 2.99. The largest absolute Gasteiger partial charge is 0.342 e. The normalized spacial score (nSPS) is 25.9. The van der Waals surface area contributed by atoms with Crippen LogP contribution in [0.1, 0.15) is 45.4 Å². The SMILES string of the molecule is CC1CCN(C(=O)C2CCN(C(=O)C3CC3)CC2)CC1. The van der Waals surface area contributed by atoms with Crippen molar-refractivity contribution in [3.8, 4) is 0 Å². The first-order valence-electron chi connectivity index (χ1n) is 8.22. The van der Waals surface area contributed by atoms with Gasteiger partial charge in [-0.1, -0.05) is 6.92 Å². The monoisotopic (exact) mass is 278 g/mol. The minimum atomic E-state index is 0.159. The van der Waals surface area contributed by atoms with Crippen LogP contribution in [0.4, 0.5) is 0 Å². The number of nitrogens with zero attached hydrogens (tertiary/aromatic N) is 2. The molecule has 2 aliphatic heterocycles. The molecule has 0 bridgehead atoms. The van der Waals surface area contributed by atoms with Crippen molar-refractivity contribution in [3.63, 3.8) is 0 Å². The second-order valence-electron chi connectivity index (χ2n) is 6.88. The van der Waals surface area contributed by atoms with Gasteiger partial charge < -0.3 is 9.80 Å². The Morgan fingerprint density at radius 2 is 1.10 bits per heavy atom. The smallest absolute Gasteiger partial charge is 0.225 e. The highest BCUT2D eigenvalue weighted by atomic mass is 16.2. The number of piperidine rings is 2. The predicted octanol–water partition coefficient (Wildman–Crippen LogP) is 1.89. The van der Waals surface area contributed by atoms with Crippen LogP contribution in [0.3, 0.4) is 0 Å². The van der Waals surface area contributed by atoms with Gasteiger partial charge in [-0.25, -0.2) is 0 Å². The van der Waals surface area contributed by atoms with E-state index in [0.717, 1.165) is 70.6 Å². The van der Waals surface area contributed by atoms with Crippen LogP contribution in [0.25, 0.3) is 0 Å². The van der Waals surface area contributed by atoms with Gasteiger partial charge in [0.05, 0.1) is 0 Å². The quantitative estimate of drug-likeness (QED) is 0.774. The fraction of sp³-hybridized carbons (Fsp3) is 0.875. The highest BCUT2D eigenvalue weighted by molar-refractivity contribution is 5.82. The number of likely N-dealkylation sites (tertiary alicyclic amines) is 2. The zero-order chi connectivity index (χ0) is 14.1. The van der Waals surface area contributed by atoms with Crippen LogP contribution in [0.15, 0.2) is 0 Å². The summed E-state index contributed by atoms with van der Waals surface area (Å²) in [5.41, 5.74) is 0. The molecule has 0 N–H and O–H groups in total. The third-order valence-corrected chi connectivity index (χ3v) is 5.18. The van der Waals surface area contributed by atoms with E-state index in [2.05, 4.69) is 11.8 Å². The summed E-state index contributed by atoms with van der Waals surface area (Å²) in [5, 5.41) is 0. The van der Waals surface area contributed by atoms with E-state index in [9.17, 15) is 9.59 Å². The van der Waals surface area contributed by atoms with Gasteiger partial charge in [0.15, 0.2) is 0 Å². The second-order valence-corrected chi connectivity index (χ2v) is 6.88. The van der Waals surface area contributed by atoms with Gasteiger partial charge in [0, 0.05) is 38.0 Å². The maximum absolute atomic E-state index is 12.5. The first-order valence-corrected chi connectivity index (χ1v) is 8.22. The summed E-state index contributed by atoms with van der Waals surface area (Å²) in [5.74, 6) is 1.91. The maximum atomic E-state index is 12.5. The van der Waals surface area contributed by atoms with Crippen LogP contribution in [-0.4, -0.2) is 47.8 Å². The molecule has 2 heterocycles. The van der Waals surface area contributed by atoms with E-state index >= 15 is 0 Å². The molecule has 2 saturated heterocycles. The van der Waals surface area contributed by atoms with Crippen LogP contribution in [0, 0.1) is 17.8 Å². The Bertz CT molecular complexity index is 376. The third-order valence-electron chi connectivity index (χ3n) is 5.18. The van der Waals surface area contributed by atoms with Crippen molar-refractivity contribution in [2.75, 3.05) is 26.2 Å². The molecular weight excluding hydrogens is 252 g/mol. The first-order chi connectivity index (χ1) is 9.65. The van der Waals surface area contributed by atoms with Gasteiger partial charge in [-0.15, -0.1) is 0 Å². The van der Waals surface area contributed by atoms with E-state index in [1.165, 1.54) is 0 Å². The van der Waals surface area contributed by atoms with Gasteiger partial charge in [0.25, 0.3) is 0 Å². The molecule has 0 aromatic heterocycles. The average molecular weight is 278 g/mol. The van der Waals surface area contributed by atoms with Crippen molar-refractivity contribution in [2.24, 2.45) is 17.8 Å². The number of rotatable bonds is 2. The number of carbonyl (C=O) groups excluding carboxylic acids is 2. The van der Waals surface area contributed by atoms with Crippen molar-refractivity contribution >= 4 is 11.8 Å². The molecule has 1 aliphatic carbocycles. The van der Waals surface area contributed by atoms with Gasteiger partial charge in [0.2, 0.25) is 11.8 Å². The Hall–Kier alpha value is -1.06. The van der Waals surface area contributed by atoms with Crippen LogP contribution in [0.5, 0.6) is 0 Å². The van der Waals surface area contributed by atoms with Gasteiger partial charge in [-0.2, -0.15) is 0 Å². The van der Waals surface area contributed by atoms with Crippen LogP contribution in [0.2, 0.25) is 0 Å². The lowest BCUT2D eigenvalue weighted by molar-refractivity contribution is -0.142. The predicted molar refractivity (Wildman–Crippen MR) is 77.0 cm³/mol. The molecule has 0 aromatic rings. The molecular formula is C16H26N2O2. The Morgan fingerprint density at radius 3 is 1.55 bits per heavy atom. The van der Waals surface area contributed by atoms with Crippen LogP contribution < -0.4 is 0 Å². The van der Waals surface area contributed by atoms with Crippen LogP contribution >= 0.6 is 0 Å². The fourth-order valence-corrected chi connectivity index (χ4v) is 3.42. The maximum Gasteiger partial charge on any atom is 0.225 e. The second kappa shape index (κ2) is 5.74. The molecule has 0 aromatic carbocycles. The highest BCUT2D eigenvalue weighted by Gasteiger charge is 2.36. The van der Waals surface area contributed by atoms with E-state index in [0.29, 0.717) is 17.7 Å². The molecule has 4 nitrogen and oxygen atoms in total. The van der Waals surface area contributed by atoms with Crippen molar-refractivity contribution in [1.29, 1.82) is 0 Å². The lowest BCUT2D eigenvalue weighted by atomic mass is 9.92. The summed E-state index contributed by atoms with van der Waals surface area (Å²) in [6, 6.07) is 0. The van der Waals surface area contributed by atoms with Crippen LogP contribution in [-0.2, 0) is 9.59 Å². The molecule has 3 aliphatic rings. The lowest BCUT2D eigenvalue weighted by Crippen LogP contribution is -2.46. The number of hydrogen-bond acceptors (Lipinski definition) is 2. The zero-order valence-electron chi connectivity index (χ0n) is 12.5. The standard InChI is InChI=1S/C16H26N2O2/c1-12-4-8-17(9-5-12)16(20)14-6-10-18(11-7-14)15(19)13-2-3-13/h12-14H,2-11H2,1H3. The topological polar surface area (TPSA) is 40.6 Å². The van der Waals surface area contributed by atoms with E-state index in [4.69, 9.17) is 0 Å². The molecule has 0 unspecified atom stereocenters. The van der Waals surface area contributed by atoms with E-state index in [1.807, 2.05) is 4.90 Å². The summed E-state index contributed by atoms with van der Waals surface area (Å²) >= 11 is 0. The Balaban J connectivity index is 1.47. The van der Waals surface area contributed by atoms with E-state index < -0.39 is 0 Å². The van der Waals surface area contributed by atoms with Gasteiger partial charge in [-0.05, 0) is 44.4 Å². The lowest BCUT2D eigenvalue weighted by Gasteiger charge is -2.36. The number of amides is 2. The fourth-order valence-electron chi connectivity index (χ4n) is 3.42. The Morgan fingerprint density at radius 1 is 0.700 bits per heavy atom. The summed E-state index contributed by atoms with van der Waals surface area (Å²) in [7, 11) is 0. The van der Waals surface area contributed by atoms with Gasteiger partial charge in [-0.3, -0.25) is 9.59 Å². The minimum Gasteiger partial charge on any atom is -0.342 e. The van der Waals surface area contributed by atoms with Gasteiger partial charge in [0.1, 0.15) is 0 Å². The molecule has 0 radical (unpaired) electrons. The van der Waals surface area contributed by atoms with Crippen molar-refractivity contribution < 1.29 is 9.59 Å². The summed E-state index contributed by atoms with van der Waals surface area (Å²) < 4.78 is 0. The molecule has 3 fully saturated rings. The molecule has 112 valence electrons. The zero-order valence-corrected chi connectivity index (χ0v) is 12.5. The molecule has 3 rings (SSSR count). The number of hydrogen-bond donors (Lipinski definition) is 0. The summed E-state index contributed by atoms with van der Waals surface area (Å²) in [4.78, 5) is 28.6. The van der Waals surface area contributed by atoms with E-state index in [-0.39, 0.29) is 5.92 Å².